The molecule has 3 heterocycles. The van der Waals surface area contributed by atoms with E-state index in [0.29, 0.717) is 51.2 Å². The van der Waals surface area contributed by atoms with E-state index in [9.17, 15) is 54.3 Å². The van der Waals surface area contributed by atoms with Gasteiger partial charge in [-0.05, 0) is 217 Å². The van der Waals surface area contributed by atoms with Crippen LogP contribution in [0.15, 0.2) is 217 Å². The number of para-hydroxylation sites is 3. The molecular weight excluding hydrogens is 1350 g/mol. The normalized spacial score (nSPS) is 14.8. The minimum Gasteiger partial charge on any atom is -0.505 e. The number of nitrogens with zero attached hydrogens (tertiary/aromatic N) is 8. The fourth-order valence-electron chi connectivity index (χ4n) is 14.0. The van der Waals surface area contributed by atoms with Crippen LogP contribution in [0.2, 0.25) is 0 Å². The number of phenols is 3. The highest BCUT2D eigenvalue weighted by Gasteiger charge is 2.34. The number of anilines is 2. The lowest BCUT2D eigenvalue weighted by atomic mass is 9.86. The van der Waals surface area contributed by atoms with Crippen LogP contribution in [-0.4, -0.2) is 79.7 Å². The van der Waals surface area contributed by atoms with Gasteiger partial charge in [-0.15, -0.1) is 20.5 Å². The number of aromatic carboxylic acids is 3. The van der Waals surface area contributed by atoms with E-state index in [1.165, 1.54) is 85.6 Å². The van der Waals surface area contributed by atoms with Gasteiger partial charge in [0.2, 0.25) is 0 Å². The predicted molar refractivity (Wildman–Crippen MR) is 412 cm³/mol. The number of H-pyrrole nitrogens is 2. The second-order valence-electron chi connectivity index (χ2n) is 29.0. The maximum atomic E-state index is 13.2. The number of aromatic hydroxyl groups is 3. The third-order valence-corrected chi connectivity index (χ3v) is 20.2. The van der Waals surface area contributed by atoms with Gasteiger partial charge in [0.05, 0.1) is 57.2 Å². The molecular formula is C84H81N11O12. The molecule has 0 saturated heterocycles. The average molecular weight is 1440 g/mol. The summed E-state index contributed by atoms with van der Waals surface area (Å²) in [6.45, 7) is 18.8. The molecule has 1 amide bonds. The summed E-state index contributed by atoms with van der Waals surface area (Å²) in [4.78, 5) is 71.8. The van der Waals surface area contributed by atoms with Crippen LogP contribution < -0.4 is 21.9 Å². The number of rotatable bonds is 13. The maximum Gasteiger partial charge on any atom is 0.335 e. The van der Waals surface area contributed by atoms with Crippen LogP contribution in [0, 0.1) is 13.8 Å². The Bertz CT molecular complexity index is 5370. The van der Waals surface area contributed by atoms with E-state index < -0.39 is 17.9 Å². The number of benzene rings is 9. The van der Waals surface area contributed by atoms with Crippen LogP contribution >= 0.6 is 0 Å². The number of phenolic OH excluding ortho intramolecular Hbond substituents is 3. The monoisotopic (exact) mass is 1440 g/mol. The summed E-state index contributed by atoms with van der Waals surface area (Å²) in [5, 5.41) is 87.6. The number of carboxylic acid groups (broad SMARTS) is 3. The van der Waals surface area contributed by atoms with E-state index >= 15 is 0 Å². The standard InChI is InChI=1S/2C28H26N4O4.C15H18N2O.C13H11NO3/c2*1-16-24(26(34)32(31-16)20-11-10-17-12-13-28(2,3)22(17)15-20)30-29-23-9-5-8-21(25(23)33)18-6-4-7-19(14-18)27(35)36;1-10-8-14(18)17(16-10)12-5-4-11-6-7-15(2,3)13(11)9-12;14-11-6-2-5-10(12(11)15)8-3-1-4-9(7-8)13(16)17/h2*4-11,14-15,31,33H,12-13H2,1-3H3,(H,35,36);4-5,9H,6-8H2,1-3H3;1-7,15H,14H2,(H,16,17). The number of hydrogen-bond acceptors (Lipinski definition) is 15. The van der Waals surface area contributed by atoms with Gasteiger partial charge in [0, 0.05) is 22.4 Å². The summed E-state index contributed by atoms with van der Waals surface area (Å²) in [6, 6.07) is 52.1. The molecule has 2 aromatic heterocycles. The first-order valence-electron chi connectivity index (χ1n) is 34.9. The van der Waals surface area contributed by atoms with Gasteiger partial charge in [-0.25, -0.2) is 28.8 Å². The second kappa shape index (κ2) is 29.6. The Hall–Kier alpha value is -13.1. The number of aromatic amines is 2. The highest BCUT2D eigenvalue weighted by molar-refractivity contribution is 6.12. The molecule has 9 aromatic carbocycles. The largest absolute Gasteiger partial charge is 0.505 e. The van der Waals surface area contributed by atoms with Crippen molar-refractivity contribution in [2.45, 2.75) is 124 Å². The van der Waals surface area contributed by atoms with Gasteiger partial charge in [0.25, 0.3) is 17.0 Å². The number of aryl methyl sites for hydroxylation is 5. The van der Waals surface area contributed by atoms with Crippen molar-refractivity contribution in [2.24, 2.45) is 25.6 Å². The fourth-order valence-corrected chi connectivity index (χ4v) is 14.0. The highest BCUT2D eigenvalue weighted by Crippen LogP contribution is 2.45. The summed E-state index contributed by atoms with van der Waals surface area (Å²) >= 11 is 0. The van der Waals surface area contributed by atoms with Crippen LogP contribution in [0.4, 0.5) is 34.1 Å². The number of nitrogen functional groups attached to an aromatic ring is 1. The quantitative estimate of drug-likeness (QED) is 0.0295. The second-order valence-corrected chi connectivity index (χ2v) is 29.0. The number of nitrogens with one attached hydrogen (secondary N) is 2. The molecule has 0 bridgehead atoms. The number of amides is 1. The number of aromatic nitrogens is 4. The maximum absolute atomic E-state index is 13.2. The number of carbonyl (C=O) groups is 4. The fraction of sp³-hybridized carbons (Fsp3) is 0.226. The van der Waals surface area contributed by atoms with E-state index in [4.69, 9.17) is 10.8 Å². The molecule has 3 aliphatic carbocycles. The van der Waals surface area contributed by atoms with Gasteiger partial charge >= 0.3 is 17.9 Å². The van der Waals surface area contributed by atoms with Crippen molar-refractivity contribution in [3.05, 3.63) is 264 Å². The lowest BCUT2D eigenvalue weighted by Crippen LogP contribution is -2.20. The summed E-state index contributed by atoms with van der Waals surface area (Å²) in [5.74, 6) is -3.39. The highest BCUT2D eigenvalue weighted by atomic mass is 16.4. The van der Waals surface area contributed by atoms with Gasteiger partial charge in [0.1, 0.15) is 17.1 Å². The third kappa shape index (κ3) is 15.3. The van der Waals surface area contributed by atoms with Gasteiger partial charge < -0.3 is 36.4 Å². The Labute approximate surface area is 616 Å². The molecule has 0 atom stereocenters. The average Bonchev–Trinajstić information content (AvgIpc) is 1.63. The van der Waals surface area contributed by atoms with Crippen molar-refractivity contribution in [3.8, 4) is 62.0 Å². The van der Waals surface area contributed by atoms with Crippen LogP contribution in [0.1, 0.15) is 150 Å². The first-order chi connectivity index (χ1) is 50.9. The zero-order valence-corrected chi connectivity index (χ0v) is 60.6. The number of carbonyl (C=O) groups excluding carboxylic acids is 1. The van der Waals surface area contributed by atoms with Crippen molar-refractivity contribution in [1.82, 2.24) is 19.6 Å². The van der Waals surface area contributed by atoms with E-state index in [2.05, 4.69) is 114 Å². The number of hydrogen-bond donors (Lipinski definition) is 9. The van der Waals surface area contributed by atoms with Gasteiger partial charge in [-0.2, -0.15) is 5.10 Å². The number of nitrogens with two attached hydrogens (primary N) is 1. The Morgan fingerprint density at radius 3 is 1.15 bits per heavy atom. The molecule has 23 heteroatoms. The van der Waals surface area contributed by atoms with Crippen LogP contribution in [0.5, 0.6) is 17.2 Å². The van der Waals surface area contributed by atoms with Crippen molar-refractivity contribution in [2.75, 3.05) is 10.7 Å². The molecule has 10 N–H and O–H groups in total. The molecule has 107 heavy (non-hydrogen) atoms. The third-order valence-electron chi connectivity index (χ3n) is 20.2. The van der Waals surface area contributed by atoms with Crippen LogP contribution in [0.25, 0.3) is 44.8 Å². The van der Waals surface area contributed by atoms with Crippen molar-refractivity contribution in [3.63, 3.8) is 0 Å². The molecule has 0 saturated carbocycles. The summed E-state index contributed by atoms with van der Waals surface area (Å²) in [5.41, 5.74) is 21.8. The van der Waals surface area contributed by atoms with E-state index in [-0.39, 0.29) is 95.6 Å². The van der Waals surface area contributed by atoms with E-state index in [1.54, 1.807) is 110 Å². The molecule has 0 spiro atoms. The first kappa shape index (κ1) is 73.7. The molecule has 1 aliphatic heterocycles. The minimum atomic E-state index is -1.06. The lowest BCUT2D eigenvalue weighted by molar-refractivity contribution is -0.116. The van der Waals surface area contributed by atoms with E-state index in [1.807, 2.05) is 25.1 Å². The Balaban J connectivity index is 0.000000141. The molecule has 0 fully saturated rings. The molecule has 15 rings (SSSR count). The lowest BCUT2D eigenvalue weighted by Gasteiger charge is -2.21. The topological polar surface area (TPSA) is 356 Å². The smallest absolute Gasteiger partial charge is 0.335 e. The summed E-state index contributed by atoms with van der Waals surface area (Å²) in [6.07, 6.45) is 6.98. The van der Waals surface area contributed by atoms with Crippen molar-refractivity contribution < 1.29 is 49.8 Å². The van der Waals surface area contributed by atoms with Gasteiger partial charge in [-0.3, -0.25) is 24.6 Å². The summed E-state index contributed by atoms with van der Waals surface area (Å²) in [7, 11) is 0. The number of fused-ring (bicyclic) bond motifs is 3. The molecule has 23 nitrogen and oxygen atoms in total. The van der Waals surface area contributed by atoms with E-state index in [0.717, 1.165) is 54.9 Å². The molecule has 0 radical (unpaired) electrons. The zero-order valence-electron chi connectivity index (χ0n) is 60.6. The molecule has 4 aliphatic rings. The molecule has 544 valence electrons. The van der Waals surface area contributed by atoms with Gasteiger partial charge in [-0.1, -0.05) is 133 Å². The van der Waals surface area contributed by atoms with Crippen LogP contribution in [-0.2, 0) is 40.3 Å². The predicted octanol–water partition coefficient (Wildman–Crippen LogP) is 17.7. The minimum absolute atomic E-state index is 0.0324. The Morgan fingerprint density at radius 2 is 0.785 bits per heavy atom. The van der Waals surface area contributed by atoms with Crippen molar-refractivity contribution in [1.29, 1.82) is 0 Å². The Kier molecular flexibility index (Phi) is 20.4. The first-order valence-corrected chi connectivity index (χ1v) is 34.9. The molecule has 11 aromatic rings. The van der Waals surface area contributed by atoms with Crippen LogP contribution in [0.3, 0.4) is 0 Å². The molecule has 0 unspecified atom stereocenters. The van der Waals surface area contributed by atoms with Crippen molar-refractivity contribution >= 4 is 63.7 Å². The Morgan fingerprint density at radius 1 is 0.439 bits per heavy atom. The number of azo groups is 2. The number of hydrazone groups is 1. The SMILES string of the molecule is CC1=NN(c2ccc3c(c2)C(C)(C)CC3)C(=O)C1.Cc1[nH]n(-c2ccc3c(c2)C(C)(C)CC3)c(=O)c1N=Nc1cccc(-c2cccc(C(=O)O)c2)c1O.Cc1[nH]n(-c2ccc3c(c2)C(C)(C)CC3)c(=O)c1N=Nc1cccc(-c2cccc(C(=O)O)c2)c1O.Nc1cccc(-c2cccc(C(=O)O)c2)c1O. The zero-order chi connectivity index (χ0) is 76.6. The summed E-state index contributed by atoms with van der Waals surface area (Å²) < 4.78 is 2.93. The number of carboxylic acids is 3. The van der Waals surface area contributed by atoms with Gasteiger partial charge in [0.15, 0.2) is 22.9 Å².